The van der Waals surface area contributed by atoms with E-state index in [1.54, 1.807) is 25.1 Å². The van der Waals surface area contributed by atoms with Crippen LogP contribution in [-0.2, 0) is 0 Å². The molecule has 0 saturated heterocycles. The summed E-state index contributed by atoms with van der Waals surface area (Å²) in [5, 5.41) is 7.81. The smallest absolute Gasteiger partial charge is 0.273 e. The highest BCUT2D eigenvalue weighted by atomic mass is 35.5. The number of rotatable bonds is 2. The fourth-order valence-corrected chi connectivity index (χ4v) is 2.08. The molecule has 1 amide bonds. The Bertz CT molecular complexity index is 760. The molecule has 0 spiro atoms. The molecule has 19 heavy (non-hydrogen) atoms. The average Bonchev–Trinajstić information content (AvgIpc) is 2.96. The molecular weight excluding hydrogens is 266 g/mol. The Morgan fingerprint density at radius 3 is 2.95 bits per heavy atom. The molecule has 0 aliphatic carbocycles. The number of aryl methyl sites for hydroxylation is 1. The molecule has 2 N–H and O–H groups in total. The minimum absolute atomic E-state index is 0.291. The lowest BCUT2D eigenvalue weighted by Gasteiger charge is -1.97. The summed E-state index contributed by atoms with van der Waals surface area (Å²) in [6.45, 7) is 1.76. The molecule has 1 aromatic carbocycles. The van der Waals surface area contributed by atoms with E-state index in [0.717, 1.165) is 10.9 Å². The molecule has 96 valence electrons. The Morgan fingerprint density at radius 2 is 2.26 bits per heavy atom. The van der Waals surface area contributed by atoms with E-state index in [1.807, 2.05) is 12.1 Å². The largest absolute Gasteiger partial charge is 0.360 e. The van der Waals surface area contributed by atoms with Crippen LogP contribution in [-0.4, -0.2) is 16.0 Å². The van der Waals surface area contributed by atoms with Crippen LogP contribution >= 0.6 is 11.6 Å². The van der Waals surface area contributed by atoms with E-state index in [-0.39, 0.29) is 5.91 Å². The lowest BCUT2D eigenvalue weighted by molar-refractivity contribution is 0.102. The molecule has 5 nitrogen and oxygen atoms in total. The van der Waals surface area contributed by atoms with Crippen LogP contribution in [0, 0.1) is 6.92 Å². The summed E-state index contributed by atoms with van der Waals surface area (Å²) in [6.07, 6.45) is 0. The second-order valence-electron chi connectivity index (χ2n) is 4.16. The Balaban J connectivity index is 1.91. The number of hydrogen-bond acceptors (Lipinski definition) is 3. The predicted molar refractivity (Wildman–Crippen MR) is 72.5 cm³/mol. The normalized spacial score (nSPS) is 10.8. The number of anilines is 1. The third-order valence-corrected chi connectivity index (χ3v) is 3.03. The molecular formula is C13H10ClN3O2. The van der Waals surface area contributed by atoms with Gasteiger partial charge < -0.3 is 14.8 Å². The van der Waals surface area contributed by atoms with Gasteiger partial charge >= 0.3 is 0 Å². The van der Waals surface area contributed by atoms with Crippen molar-refractivity contribution in [3.05, 3.63) is 46.8 Å². The van der Waals surface area contributed by atoms with Gasteiger partial charge in [-0.3, -0.25) is 4.79 Å². The van der Waals surface area contributed by atoms with Gasteiger partial charge in [0.2, 0.25) is 0 Å². The predicted octanol–water partition coefficient (Wildman–Crippen LogP) is 3.37. The van der Waals surface area contributed by atoms with Crippen molar-refractivity contribution in [2.24, 2.45) is 0 Å². The summed E-state index contributed by atoms with van der Waals surface area (Å²) in [5.41, 5.74) is 1.16. The van der Waals surface area contributed by atoms with Crippen LogP contribution in [0.15, 0.2) is 34.9 Å². The number of carbonyl (C=O) groups excluding carboxylic acids is 1. The van der Waals surface area contributed by atoms with Crippen molar-refractivity contribution in [1.82, 2.24) is 10.1 Å². The zero-order valence-electron chi connectivity index (χ0n) is 10.0. The summed E-state index contributed by atoms with van der Waals surface area (Å²) >= 11 is 6.05. The third-order valence-electron chi connectivity index (χ3n) is 2.72. The molecule has 0 radical (unpaired) electrons. The zero-order valence-corrected chi connectivity index (χ0v) is 10.8. The topological polar surface area (TPSA) is 70.9 Å². The number of halogens is 1. The molecule has 0 aliphatic rings. The van der Waals surface area contributed by atoms with E-state index in [4.69, 9.17) is 16.1 Å². The second kappa shape index (κ2) is 4.44. The van der Waals surface area contributed by atoms with Gasteiger partial charge in [-0.05, 0) is 19.1 Å². The van der Waals surface area contributed by atoms with E-state index in [0.29, 0.717) is 22.3 Å². The molecule has 0 bridgehead atoms. The van der Waals surface area contributed by atoms with Gasteiger partial charge in [0.25, 0.3) is 5.91 Å². The molecule has 2 heterocycles. The molecule has 0 fully saturated rings. The van der Waals surface area contributed by atoms with Crippen molar-refractivity contribution in [3.63, 3.8) is 0 Å². The lowest BCUT2D eigenvalue weighted by atomic mass is 10.2. The molecule has 0 atom stereocenters. The maximum absolute atomic E-state index is 12.0. The Morgan fingerprint density at radius 1 is 1.42 bits per heavy atom. The molecule has 3 aromatic rings. The van der Waals surface area contributed by atoms with Crippen molar-refractivity contribution in [3.8, 4) is 0 Å². The van der Waals surface area contributed by atoms with Crippen molar-refractivity contribution in [2.45, 2.75) is 6.92 Å². The van der Waals surface area contributed by atoms with E-state index < -0.39 is 0 Å². The van der Waals surface area contributed by atoms with Gasteiger partial charge in [-0.15, -0.1) is 0 Å². The fraction of sp³-hybridized carbons (Fsp3) is 0.0769. The molecule has 0 saturated carbocycles. The highest BCUT2D eigenvalue weighted by Crippen LogP contribution is 2.23. The Hall–Kier alpha value is -2.27. The van der Waals surface area contributed by atoms with Gasteiger partial charge in [0.1, 0.15) is 11.5 Å². The highest BCUT2D eigenvalue weighted by Gasteiger charge is 2.12. The number of benzene rings is 1. The van der Waals surface area contributed by atoms with Gasteiger partial charge in [0.05, 0.1) is 10.5 Å². The minimum Gasteiger partial charge on any atom is -0.360 e. The Kier molecular flexibility index (Phi) is 2.76. The number of nitrogens with one attached hydrogen (secondary N) is 2. The second-order valence-corrected chi connectivity index (χ2v) is 4.57. The van der Waals surface area contributed by atoms with Gasteiger partial charge in [-0.2, -0.15) is 0 Å². The first-order valence-electron chi connectivity index (χ1n) is 5.65. The molecule has 6 heteroatoms. The number of aromatic amines is 1. The minimum atomic E-state index is -0.291. The van der Waals surface area contributed by atoms with Gasteiger partial charge in [-0.25, -0.2) is 0 Å². The van der Waals surface area contributed by atoms with Gasteiger partial charge in [0, 0.05) is 11.5 Å². The van der Waals surface area contributed by atoms with Crippen LogP contribution in [0.4, 0.5) is 5.82 Å². The van der Waals surface area contributed by atoms with E-state index in [9.17, 15) is 4.79 Å². The summed E-state index contributed by atoms with van der Waals surface area (Å²) < 4.78 is 4.88. The third kappa shape index (κ3) is 2.20. The number of fused-ring (bicyclic) bond motifs is 1. The number of nitrogens with zero attached hydrogens (tertiary/aromatic N) is 1. The van der Waals surface area contributed by atoms with E-state index in [1.165, 1.54) is 0 Å². The lowest BCUT2D eigenvalue weighted by Crippen LogP contribution is -2.12. The standard InChI is InChI=1S/C13H10ClN3O2/c1-7-5-11(17-19-7)16-13(18)10-6-8-3-2-4-9(14)12(8)15-10/h2-6,15H,1H3,(H,16,17,18). The van der Waals surface area contributed by atoms with Crippen molar-refractivity contribution in [1.29, 1.82) is 0 Å². The van der Waals surface area contributed by atoms with Crippen molar-refractivity contribution in [2.75, 3.05) is 5.32 Å². The number of amides is 1. The first-order valence-corrected chi connectivity index (χ1v) is 6.03. The van der Waals surface area contributed by atoms with Crippen LogP contribution in [0.3, 0.4) is 0 Å². The number of H-pyrrole nitrogens is 1. The molecule has 3 rings (SSSR count). The molecule has 0 aliphatic heterocycles. The number of carbonyl (C=O) groups is 1. The first kappa shape index (κ1) is 11.8. The van der Waals surface area contributed by atoms with E-state index >= 15 is 0 Å². The average molecular weight is 276 g/mol. The maximum atomic E-state index is 12.0. The molecule has 0 unspecified atom stereocenters. The number of aromatic nitrogens is 2. The highest BCUT2D eigenvalue weighted by molar-refractivity contribution is 6.35. The summed E-state index contributed by atoms with van der Waals surface area (Å²) in [6, 6.07) is 8.87. The van der Waals surface area contributed by atoms with Crippen molar-refractivity contribution < 1.29 is 9.32 Å². The molecule has 2 aromatic heterocycles. The van der Waals surface area contributed by atoms with Crippen LogP contribution in [0.2, 0.25) is 5.02 Å². The SMILES string of the molecule is Cc1cc(NC(=O)c2cc3cccc(Cl)c3[nH]2)no1. The van der Waals surface area contributed by atoms with E-state index in [2.05, 4.69) is 15.5 Å². The maximum Gasteiger partial charge on any atom is 0.273 e. The van der Waals surface area contributed by atoms with Crippen LogP contribution in [0.5, 0.6) is 0 Å². The van der Waals surface area contributed by atoms with Crippen LogP contribution in [0.25, 0.3) is 10.9 Å². The Labute approximate surface area is 113 Å². The summed E-state index contributed by atoms with van der Waals surface area (Å²) in [5.74, 6) is 0.725. The van der Waals surface area contributed by atoms with Crippen LogP contribution < -0.4 is 5.32 Å². The van der Waals surface area contributed by atoms with Gasteiger partial charge in [0.15, 0.2) is 5.82 Å². The zero-order chi connectivity index (χ0) is 13.4. The quantitative estimate of drug-likeness (QED) is 0.753. The van der Waals surface area contributed by atoms with Gasteiger partial charge in [-0.1, -0.05) is 28.9 Å². The fourth-order valence-electron chi connectivity index (χ4n) is 1.85. The summed E-state index contributed by atoms with van der Waals surface area (Å²) in [7, 11) is 0. The summed E-state index contributed by atoms with van der Waals surface area (Å²) in [4.78, 5) is 15.0. The monoisotopic (exact) mass is 275 g/mol. The van der Waals surface area contributed by atoms with Crippen molar-refractivity contribution >= 4 is 34.2 Å². The number of para-hydroxylation sites is 1. The first-order chi connectivity index (χ1) is 9.13. The van der Waals surface area contributed by atoms with Crippen LogP contribution in [0.1, 0.15) is 16.2 Å². The number of hydrogen-bond donors (Lipinski definition) is 2.